The summed E-state index contributed by atoms with van der Waals surface area (Å²) in [6, 6.07) is 0. The Hall–Kier alpha value is -3.03. The molecule has 0 aromatic carbocycles. The number of carbonyl (C=O) groups excluding carboxylic acids is 1. The van der Waals surface area contributed by atoms with Crippen LogP contribution in [0.4, 0.5) is 0 Å². The average Bonchev–Trinajstić information content (AvgIpc) is 3.43. The summed E-state index contributed by atoms with van der Waals surface area (Å²) in [5.41, 5.74) is 3.46. The number of nitrogens with zero attached hydrogens (tertiary/aromatic N) is 6. The summed E-state index contributed by atoms with van der Waals surface area (Å²) in [5, 5.41) is 3.97. The highest BCUT2D eigenvalue weighted by molar-refractivity contribution is 5.76. The van der Waals surface area contributed by atoms with Crippen molar-refractivity contribution in [1.82, 2.24) is 29.6 Å². The first kappa shape index (κ1) is 18.3. The lowest BCUT2D eigenvalue weighted by Gasteiger charge is -2.16. The standard InChI is InChI=1S/C20H24N6O2/c1-14-20(15(2)28-24-14)18-11-22-17(10-23-18)9-16-3-7-26(12-16)19(27)4-6-25-8-5-21-13-25/h5,8,10-11,13,16H,3-4,6-7,9,12H2,1-2H3/t16-/m0/s1. The number of carbonyl (C=O) groups is 1. The van der Waals surface area contributed by atoms with Crippen LogP contribution in [0, 0.1) is 19.8 Å². The normalized spacial score (nSPS) is 16.6. The Bertz CT molecular complexity index is 913. The van der Waals surface area contributed by atoms with Crippen molar-refractivity contribution in [2.45, 2.75) is 39.7 Å². The highest BCUT2D eigenvalue weighted by atomic mass is 16.5. The van der Waals surface area contributed by atoms with Gasteiger partial charge in [0.05, 0.1) is 35.2 Å². The Balaban J connectivity index is 1.31. The van der Waals surface area contributed by atoms with Crippen LogP contribution in [0.2, 0.25) is 0 Å². The van der Waals surface area contributed by atoms with Gasteiger partial charge in [0.15, 0.2) is 0 Å². The molecule has 0 radical (unpaired) electrons. The Morgan fingerprint density at radius 3 is 2.86 bits per heavy atom. The number of rotatable bonds is 6. The molecule has 3 aromatic rings. The monoisotopic (exact) mass is 380 g/mol. The minimum Gasteiger partial charge on any atom is -0.361 e. The van der Waals surface area contributed by atoms with Crippen LogP contribution in [-0.4, -0.2) is 48.6 Å². The molecule has 0 saturated carbocycles. The summed E-state index contributed by atoms with van der Waals surface area (Å²) in [5.74, 6) is 1.38. The van der Waals surface area contributed by atoms with E-state index in [0.29, 0.717) is 18.9 Å². The van der Waals surface area contributed by atoms with E-state index in [1.54, 1.807) is 18.7 Å². The van der Waals surface area contributed by atoms with E-state index < -0.39 is 0 Å². The summed E-state index contributed by atoms with van der Waals surface area (Å²) in [6.07, 6.45) is 11.3. The van der Waals surface area contributed by atoms with Crippen molar-refractivity contribution in [3.8, 4) is 11.3 Å². The molecule has 8 nitrogen and oxygen atoms in total. The quantitative estimate of drug-likeness (QED) is 0.652. The highest BCUT2D eigenvalue weighted by Crippen LogP contribution is 2.25. The van der Waals surface area contributed by atoms with Crippen molar-refractivity contribution in [2.75, 3.05) is 13.1 Å². The molecule has 1 saturated heterocycles. The maximum absolute atomic E-state index is 12.4. The zero-order valence-electron chi connectivity index (χ0n) is 16.2. The van der Waals surface area contributed by atoms with E-state index in [4.69, 9.17) is 4.52 Å². The smallest absolute Gasteiger partial charge is 0.224 e. The summed E-state index contributed by atoms with van der Waals surface area (Å²) in [4.78, 5) is 27.5. The molecule has 0 bridgehead atoms. The molecule has 146 valence electrons. The zero-order chi connectivity index (χ0) is 19.5. The summed E-state index contributed by atoms with van der Waals surface area (Å²) in [6.45, 7) is 6.06. The van der Waals surface area contributed by atoms with Gasteiger partial charge in [0, 0.05) is 44.6 Å². The molecule has 1 aliphatic heterocycles. The number of hydrogen-bond donors (Lipinski definition) is 0. The van der Waals surface area contributed by atoms with E-state index in [0.717, 1.165) is 54.3 Å². The first-order valence-corrected chi connectivity index (χ1v) is 9.58. The van der Waals surface area contributed by atoms with Crippen LogP contribution in [0.1, 0.15) is 30.0 Å². The molecule has 28 heavy (non-hydrogen) atoms. The molecule has 4 rings (SSSR count). The van der Waals surface area contributed by atoms with E-state index in [9.17, 15) is 4.79 Å². The largest absolute Gasteiger partial charge is 0.361 e. The second kappa shape index (κ2) is 7.92. The molecule has 0 spiro atoms. The van der Waals surface area contributed by atoms with Crippen LogP contribution in [0.15, 0.2) is 35.6 Å². The zero-order valence-corrected chi connectivity index (χ0v) is 16.2. The van der Waals surface area contributed by atoms with E-state index in [1.807, 2.05) is 35.7 Å². The Morgan fingerprint density at radius 2 is 2.18 bits per heavy atom. The molecule has 0 unspecified atom stereocenters. The van der Waals surface area contributed by atoms with Crippen LogP contribution >= 0.6 is 0 Å². The molecule has 1 fully saturated rings. The van der Waals surface area contributed by atoms with Gasteiger partial charge >= 0.3 is 0 Å². The molecule has 8 heteroatoms. The molecule has 3 aromatic heterocycles. The predicted molar refractivity (Wildman–Crippen MR) is 102 cm³/mol. The first-order chi connectivity index (χ1) is 13.6. The lowest BCUT2D eigenvalue weighted by Crippen LogP contribution is -2.29. The SMILES string of the molecule is Cc1noc(C)c1-c1cnc(C[C@@H]2CCN(C(=O)CCn3ccnc3)C2)cn1. The van der Waals surface area contributed by atoms with Crippen molar-refractivity contribution in [2.24, 2.45) is 5.92 Å². The van der Waals surface area contributed by atoms with Gasteiger partial charge in [-0.1, -0.05) is 5.16 Å². The molecule has 1 amide bonds. The van der Waals surface area contributed by atoms with Gasteiger partial charge in [-0.15, -0.1) is 0 Å². The molecular weight excluding hydrogens is 356 g/mol. The van der Waals surface area contributed by atoms with Crippen molar-refractivity contribution in [3.63, 3.8) is 0 Å². The average molecular weight is 380 g/mol. The van der Waals surface area contributed by atoms with Crippen molar-refractivity contribution >= 4 is 5.91 Å². The first-order valence-electron chi connectivity index (χ1n) is 9.58. The Kier molecular flexibility index (Phi) is 5.18. The molecule has 0 aliphatic carbocycles. The summed E-state index contributed by atoms with van der Waals surface area (Å²) < 4.78 is 7.14. The fourth-order valence-corrected chi connectivity index (χ4v) is 3.76. The minimum atomic E-state index is 0.205. The van der Waals surface area contributed by atoms with Gasteiger partial charge in [-0.2, -0.15) is 0 Å². The number of likely N-dealkylation sites (tertiary alicyclic amines) is 1. The minimum absolute atomic E-state index is 0.205. The van der Waals surface area contributed by atoms with Crippen LogP contribution in [0.3, 0.4) is 0 Å². The van der Waals surface area contributed by atoms with Crippen LogP contribution in [0.5, 0.6) is 0 Å². The Morgan fingerprint density at radius 1 is 1.29 bits per heavy atom. The molecule has 1 aliphatic rings. The van der Waals surface area contributed by atoms with Crippen LogP contribution in [-0.2, 0) is 17.8 Å². The highest BCUT2D eigenvalue weighted by Gasteiger charge is 2.26. The predicted octanol–water partition coefficient (Wildman–Crippen LogP) is 2.43. The van der Waals surface area contributed by atoms with Crippen LogP contribution in [0.25, 0.3) is 11.3 Å². The fourth-order valence-electron chi connectivity index (χ4n) is 3.76. The molecule has 4 heterocycles. The van der Waals surface area contributed by atoms with E-state index in [2.05, 4.69) is 20.1 Å². The van der Waals surface area contributed by atoms with Crippen molar-refractivity contribution in [3.05, 3.63) is 48.3 Å². The lowest BCUT2D eigenvalue weighted by atomic mass is 10.0. The van der Waals surface area contributed by atoms with E-state index in [1.165, 1.54) is 0 Å². The second-order valence-electron chi connectivity index (χ2n) is 7.34. The van der Waals surface area contributed by atoms with E-state index in [-0.39, 0.29) is 5.91 Å². The summed E-state index contributed by atoms with van der Waals surface area (Å²) in [7, 11) is 0. The maximum atomic E-state index is 12.4. The third-order valence-electron chi connectivity index (χ3n) is 5.27. The lowest BCUT2D eigenvalue weighted by molar-refractivity contribution is -0.130. The van der Waals surface area contributed by atoms with Crippen LogP contribution < -0.4 is 0 Å². The Labute approximate surface area is 163 Å². The van der Waals surface area contributed by atoms with Gasteiger partial charge in [-0.05, 0) is 32.6 Å². The third kappa shape index (κ3) is 3.95. The molecule has 0 N–H and O–H groups in total. The number of aryl methyl sites for hydroxylation is 3. The number of aromatic nitrogens is 5. The van der Waals surface area contributed by atoms with Crippen molar-refractivity contribution in [1.29, 1.82) is 0 Å². The van der Waals surface area contributed by atoms with Gasteiger partial charge < -0.3 is 14.0 Å². The van der Waals surface area contributed by atoms with Crippen molar-refractivity contribution < 1.29 is 9.32 Å². The topological polar surface area (TPSA) is 89.9 Å². The fraction of sp³-hybridized carbons (Fsp3) is 0.450. The van der Waals surface area contributed by atoms with Gasteiger partial charge in [-0.25, -0.2) is 4.98 Å². The third-order valence-corrected chi connectivity index (χ3v) is 5.27. The van der Waals surface area contributed by atoms with Gasteiger partial charge in [0.1, 0.15) is 5.76 Å². The van der Waals surface area contributed by atoms with Gasteiger partial charge in [0.2, 0.25) is 5.91 Å². The second-order valence-corrected chi connectivity index (χ2v) is 7.34. The number of hydrogen-bond acceptors (Lipinski definition) is 6. The van der Waals surface area contributed by atoms with E-state index >= 15 is 0 Å². The number of amides is 1. The molecular formula is C20H24N6O2. The molecule has 1 atom stereocenters. The number of imidazole rings is 1. The van der Waals surface area contributed by atoms with Gasteiger partial charge in [0.25, 0.3) is 0 Å². The van der Waals surface area contributed by atoms with Gasteiger partial charge in [-0.3, -0.25) is 14.8 Å². The summed E-state index contributed by atoms with van der Waals surface area (Å²) >= 11 is 0. The maximum Gasteiger partial charge on any atom is 0.224 e.